The number of hydrogen-bond acceptors (Lipinski definition) is 4. The third-order valence-corrected chi connectivity index (χ3v) is 3.67. The van der Waals surface area contributed by atoms with Crippen molar-refractivity contribution in [3.63, 3.8) is 0 Å². The lowest BCUT2D eigenvalue weighted by Crippen LogP contribution is -2.17. The number of hydrogen-bond donors (Lipinski definition) is 1. The van der Waals surface area contributed by atoms with E-state index in [0.717, 1.165) is 21.8 Å². The van der Waals surface area contributed by atoms with Crippen molar-refractivity contribution in [3.05, 3.63) is 40.2 Å². The van der Waals surface area contributed by atoms with E-state index < -0.39 is 12.8 Å². The molecule has 0 radical (unpaired) electrons. The minimum absolute atomic E-state index is 0.0125. The summed E-state index contributed by atoms with van der Waals surface area (Å²) in [4.78, 5) is 4.40. The Hall–Kier alpha value is -1.44. The predicted octanol–water partition coefficient (Wildman–Crippen LogP) is 3.39. The Morgan fingerprint density at radius 1 is 1.19 bits per heavy atom. The van der Waals surface area contributed by atoms with Crippen LogP contribution in [0.15, 0.2) is 29.6 Å². The minimum atomic E-state index is -4.28. The van der Waals surface area contributed by atoms with E-state index in [-0.39, 0.29) is 6.61 Å². The summed E-state index contributed by atoms with van der Waals surface area (Å²) in [5.74, 6) is 0. The summed E-state index contributed by atoms with van der Waals surface area (Å²) in [5, 5.41) is 2.64. The maximum Gasteiger partial charge on any atom is 0.411 e. The second-order valence-electron chi connectivity index (χ2n) is 4.45. The number of aromatic nitrogens is 1. The Kier molecular flexibility index (Phi) is 5.33. The van der Waals surface area contributed by atoms with Crippen LogP contribution in [0, 0.1) is 0 Å². The molecule has 3 nitrogen and oxygen atoms in total. The number of nitrogens with zero attached hydrogens (tertiary/aromatic N) is 1. The first-order valence-corrected chi connectivity index (χ1v) is 7.24. The van der Waals surface area contributed by atoms with Gasteiger partial charge in [-0.25, -0.2) is 4.98 Å². The summed E-state index contributed by atoms with van der Waals surface area (Å²) in [6, 6.07) is 7.73. The van der Waals surface area contributed by atoms with Gasteiger partial charge in [-0.3, -0.25) is 0 Å². The fraction of sp³-hybridized carbons (Fsp3) is 0.357. The molecule has 2 aromatic rings. The monoisotopic (exact) mass is 316 g/mol. The summed E-state index contributed by atoms with van der Waals surface area (Å²) in [5.41, 5.74) is 8.35. The van der Waals surface area contributed by atoms with Crippen LogP contribution in [0.2, 0.25) is 0 Å². The van der Waals surface area contributed by atoms with Crippen LogP contribution in [0.1, 0.15) is 10.6 Å². The Morgan fingerprint density at radius 3 is 2.52 bits per heavy atom. The number of alkyl halides is 3. The van der Waals surface area contributed by atoms with Gasteiger partial charge in [0.15, 0.2) is 0 Å². The van der Waals surface area contributed by atoms with E-state index in [2.05, 4.69) is 9.72 Å². The number of ether oxygens (including phenoxy) is 1. The molecule has 0 saturated carbocycles. The van der Waals surface area contributed by atoms with Gasteiger partial charge in [0.2, 0.25) is 0 Å². The standard InChI is InChI=1S/C14H15F3N2OS/c15-14(16,17)9-20-6-5-13-19-12(8-21-13)11-3-1-10(7-18)2-4-11/h1-4,8H,5-7,9,18H2. The van der Waals surface area contributed by atoms with E-state index in [9.17, 15) is 13.2 Å². The zero-order valence-electron chi connectivity index (χ0n) is 11.2. The maximum atomic E-state index is 11.9. The van der Waals surface area contributed by atoms with Crippen molar-refractivity contribution < 1.29 is 17.9 Å². The maximum absolute atomic E-state index is 11.9. The topological polar surface area (TPSA) is 48.1 Å². The van der Waals surface area contributed by atoms with Gasteiger partial charge >= 0.3 is 6.18 Å². The van der Waals surface area contributed by atoms with E-state index >= 15 is 0 Å². The van der Waals surface area contributed by atoms with Gasteiger partial charge in [-0.1, -0.05) is 24.3 Å². The molecule has 2 rings (SSSR count). The number of benzene rings is 1. The first-order chi connectivity index (χ1) is 9.98. The molecule has 0 aliphatic rings. The lowest BCUT2D eigenvalue weighted by atomic mass is 10.1. The molecular weight excluding hydrogens is 301 g/mol. The van der Waals surface area contributed by atoms with E-state index in [1.54, 1.807) is 0 Å². The zero-order valence-corrected chi connectivity index (χ0v) is 12.0. The third-order valence-electron chi connectivity index (χ3n) is 2.76. The highest BCUT2D eigenvalue weighted by molar-refractivity contribution is 7.09. The SMILES string of the molecule is NCc1ccc(-c2csc(CCOCC(F)(F)F)n2)cc1. The quantitative estimate of drug-likeness (QED) is 0.831. The largest absolute Gasteiger partial charge is 0.411 e. The molecule has 1 aromatic carbocycles. The van der Waals surface area contributed by atoms with Crippen molar-refractivity contribution >= 4 is 11.3 Å². The molecule has 0 spiro atoms. The van der Waals surface area contributed by atoms with Crippen LogP contribution < -0.4 is 5.73 Å². The Labute approximate surface area is 124 Å². The highest BCUT2D eigenvalue weighted by atomic mass is 32.1. The van der Waals surface area contributed by atoms with Gasteiger partial charge in [-0.15, -0.1) is 11.3 Å². The summed E-state index contributed by atoms with van der Waals surface area (Å²) in [6.07, 6.45) is -3.90. The predicted molar refractivity (Wildman–Crippen MR) is 76.0 cm³/mol. The summed E-state index contributed by atoms with van der Waals surface area (Å²) >= 11 is 1.42. The molecule has 2 N–H and O–H groups in total. The van der Waals surface area contributed by atoms with E-state index in [1.165, 1.54) is 11.3 Å². The van der Waals surface area contributed by atoms with Gasteiger partial charge < -0.3 is 10.5 Å². The number of rotatable bonds is 6. The molecule has 7 heteroatoms. The zero-order chi connectivity index (χ0) is 15.3. The van der Waals surface area contributed by atoms with Crippen LogP contribution in [0.25, 0.3) is 11.3 Å². The molecule has 114 valence electrons. The normalized spacial score (nSPS) is 11.8. The smallest absolute Gasteiger partial charge is 0.372 e. The second-order valence-corrected chi connectivity index (χ2v) is 5.39. The minimum Gasteiger partial charge on any atom is -0.372 e. The van der Waals surface area contributed by atoms with Crippen molar-refractivity contribution in [3.8, 4) is 11.3 Å². The highest BCUT2D eigenvalue weighted by Crippen LogP contribution is 2.23. The van der Waals surface area contributed by atoms with Crippen molar-refractivity contribution in [2.75, 3.05) is 13.2 Å². The van der Waals surface area contributed by atoms with Gasteiger partial charge in [0.1, 0.15) is 6.61 Å². The summed E-state index contributed by atoms with van der Waals surface area (Å²) in [7, 11) is 0. The Balaban J connectivity index is 1.88. The Bertz CT molecular complexity index is 566. The van der Waals surface area contributed by atoms with Crippen molar-refractivity contribution in [2.24, 2.45) is 5.73 Å². The number of halogens is 3. The van der Waals surface area contributed by atoms with Crippen LogP contribution in [0.5, 0.6) is 0 Å². The fourth-order valence-electron chi connectivity index (χ4n) is 1.72. The van der Waals surface area contributed by atoms with Gasteiger partial charge in [0, 0.05) is 23.9 Å². The molecule has 0 fully saturated rings. The van der Waals surface area contributed by atoms with Crippen LogP contribution >= 0.6 is 11.3 Å². The van der Waals surface area contributed by atoms with E-state index in [4.69, 9.17) is 5.73 Å². The first kappa shape index (κ1) is 15.9. The molecule has 21 heavy (non-hydrogen) atoms. The molecule has 0 unspecified atom stereocenters. The molecule has 0 atom stereocenters. The van der Waals surface area contributed by atoms with Crippen molar-refractivity contribution in [1.29, 1.82) is 0 Å². The van der Waals surface area contributed by atoms with Crippen LogP contribution in [-0.4, -0.2) is 24.4 Å². The summed E-state index contributed by atoms with van der Waals surface area (Å²) < 4.78 is 40.3. The first-order valence-electron chi connectivity index (χ1n) is 6.36. The molecule has 0 aliphatic carbocycles. The molecule has 1 aromatic heterocycles. The molecule has 0 saturated heterocycles. The molecule has 1 heterocycles. The van der Waals surface area contributed by atoms with Gasteiger partial charge in [0.05, 0.1) is 17.3 Å². The van der Waals surface area contributed by atoms with Crippen molar-refractivity contribution in [2.45, 2.75) is 19.1 Å². The van der Waals surface area contributed by atoms with Crippen LogP contribution in [-0.2, 0) is 17.7 Å². The highest BCUT2D eigenvalue weighted by Gasteiger charge is 2.27. The average Bonchev–Trinajstić information content (AvgIpc) is 2.91. The molecule has 0 bridgehead atoms. The molecule has 0 aliphatic heterocycles. The number of nitrogens with two attached hydrogens (primary N) is 1. The summed E-state index contributed by atoms with van der Waals surface area (Å²) in [6.45, 7) is -0.719. The van der Waals surface area contributed by atoms with Crippen molar-refractivity contribution in [1.82, 2.24) is 4.98 Å². The lowest BCUT2D eigenvalue weighted by molar-refractivity contribution is -0.173. The van der Waals surface area contributed by atoms with E-state index in [1.807, 2.05) is 29.6 Å². The fourth-order valence-corrected chi connectivity index (χ4v) is 2.51. The van der Waals surface area contributed by atoms with Gasteiger partial charge in [-0.05, 0) is 5.56 Å². The van der Waals surface area contributed by atoms with Gasteiger partial charge in [0.25, 0.3) is 0 Å². The molecular formula is C14H15F3N2OS. The lowest BCUT2D eigenvalue weighted by Gasteiger charge is -2.06. The number of thiazole rings is 1. The van der Waals surface area contributed by atoms with Crippen LogP contribution in [0.3, 0.4) is 0 Å². The average molecular weight is 316 g/mol. The van der Waals surface area contributed by atoms with Crippen LogP contribution in [0.4, 0.5) is 13.2 Å². The third kappa shape index (κ3) is 5.11. The second kappa shape index (κ2) is 7.02. The Morgan fingerprint density at radius 2 is 1.90 bits per heavy atom. The molecule has 0 amide bonds. The van der Waals surface area contributed by atoms with E-state index in [0.29, 0.717) is 13.0 Å². The van der Waals surface area contributed by atoms with Gasteiger partial charge in [-0.2, -0.15) is 13.2 Å².